The van der Waals surface area contributed by atoms with Gasteiger partial charge in [-0.05, 0) is 15.4 Å². The van der Waals surface area contributed by atoms with Gasteiger partial charge in [0.15, 0.2) is 0 Å². The van der Waals surface area contributed by atoms with Gasteiger partial charge in [0.25, 0.3) is 0 Å². The zero-order chi connectivity index (χ0) is 18.9. The van der Waals surface area contributed by atoms with Gasteiger partial charge in [-0.15, -0.1) is 0 Å². The van der Waals surface area contributed by atoms with Crippen LogP contribution < -0.4 is 10.6 Å². The van der Waals surface area contributed by atoms with Gasteiger partial charge in [0.05, 0.1) is 7.74 Å². The maximum atomic E-state index is 2.71. The van der Waals surface area contributed by atoms with Gasteiger partial charge in [-0.2, -0.15) is 0 Å². The molecule has 0 fully saturated rings. The molecule has 0 N–H and O–H groups in total. The van der Waals surface area contributed by atoms with E-state index in [1.807, 2.05) is 0 Å². The molecule has 0 saturated carbocycles. The Morgan fingerprint density at radius 1 is 0.560 bits per heavy atom. The van der Waals surface area contributed by atoms with E-state index < -0.39 is 23.9 Å². The average Bonchev–Trinajstić information content (AvgIpc) is 2.45. The van der Waals surface area contributed by atoms with E-state index in [0.29, 0.717) is 0 Å². The van der Waals surface area contributed by atoms with Crippen LogP contribution in [0.2, 0.25) is 57.2 Å². The second kappa shape index (κ2) is 7.64. The van der Waals surface area contributed by atoms with Crippen molar-refractivity contribution in [1.82, 2.24) is 0 Å². The van der Waals surface area contributed by atoms with Crippen LogP contribution in [-0.4, -0.2) is 23.9 Å². The van der Waals surface area contributed by atoms with Gasteiger partial charge in [-0.3, -0.25) is 0 Å². The molecule has 0 bridgehead atoms. The Morgan fingerprint density at radius 3 is 1.16 bits per heavy atom. The number of hydrogen-bond acceptors (Lipinski definition) is 0. The van der Waals surface area contributed by atoms with Crippen molar-refractivity contribution in [1.29, 1.82) is 0 Å². The molecule has 0 unspecified atom stereocenters. The lowest BCUT2D eigenvalue weighted by molar-refractivity contribution is 1.37. The molecular formula is C21H35PSi3. The predicted molar refractivity (Wildman–Crippen MR) is 127 cm³/mol. The maximum Gasteiger partial charge on any atom is 0.0837 e. The van der Waals surface area contributed by atoms with Gasteiger partial charge in [-0.25, -0.2) is 0 Å². The van der Waals surface area contributed by atoms with Crippen LogP contribution in [0.4, 0.5) is 0 Å². The summed E-state index contributed by atoms with van der Waals surface area (Å²) in [6, 6.07) is 22.8. The second-order valence-electron chi connectivity index (χ2n) is 9.83. The van der Waals surface area contributed by atoms with E-state index in [1.54, 1.807) is 10.6 Å². The molecule has 0 spiro atoms. The minimum atomic E-state index is -1.53. The molecule has 2 rings (SSSR count). The minimum Gasteiger partial charge on any atom is -0.0697 e. The fraction of sp³-hybridized carbons (Fsp3) is 0.429. The standard InChI is InChI=1S/C21H35PSi3/c1-23(2,3)21(24(4,5)6)25(7,8)22(19-15-11-9-12-16-19)20-17-13-10-14-18-20/h9-18,21H,1-8H3. The Labute approximate surface area is 159 Å². The molecule has 2 aromatic carbocycles. The molecule has 2 aromatic rings. The fourth-order valence-electron chi connectivity index (χ4n) is 5.52. The van der Waals surface area contributed by atoms with Gasteiger partial charge in [0.1, 0.15) is 0 Å². The number of hydrogen-bond donors (Lipinski definition) is 0. The summed E-state index contributed by atoms with van der Waals surface area (Å²) in [6.45, 7) is 21.1. The first-order chi connectivity index (χ1) is 11.5. The van der Waals surface area contributed by atoms with E-state index >= 15 is 0 Å². The van der Waals surface area contributed by atoms with Crippen molar-refractivity contribution in [3.8, 4) is 0 Å². The molecular weight excluding hydrogens is 367 g/mol. The Morgan fingerprint density at radius 2 is 0.880 bits per heavy atom. The summed E-state index contributed by atoms with van der Waals surface area (Å²) in [5.74, 6) is 0. The van der Waals surface area contributed by atoms with Crippen molar-refractivity contribution >= 4 is 42.0 Å². The lowest BCUT2D eigenvalue weighted by atomic mass is 10.4. The third-order valence-corrected chi connectivity index (χ3v) is 34.7. The Balaban J connectivity index is 2.67. The zero-order valence-corrected chi connectivity index (χ0v) is 21.2. The largest absolute Gasteiger partial charge is 0.0837 e. The average molecular weight is 403 g/mol. The zero-order valence-electron chi connectivity index (χ0n) is 17.3. The van der Waals surface area contributed by atoms with Crippen molar-refractivity contribution in [2.45, 2.75) is 57.2 Å². The lowest BCUT2D eigenvalue weighted by Crippen LogP contribution is -2.57. The Kier molecular flexibility index (Phi) is 6.36. The molecule has 0 aliphatic heterocycles. The highest BCUT2D eigenvalue weighted by molar-refractivity contribution is 8.05. The van der Waals surface area contributed by atoms with Gasteiger partial charge in [0, 0.05) is 16.1 Å². The summed E-state index contributed by atoms with van der Waals surface area (Å²) < 4.78 is 0. The van der Waals surface area contributed by atoms with Crippen LogP contribution in [0.15, 0.2) is 60.7 Å². The molecule has 0 amide bonds. The summed E-state index contributed by atoms with van der Waals surface area (Å²) >= 11 is 0. The van der Waals surface area contributed by atoms with Crippen LogP contribution in [0.25, 0.3) is 0 Å². The summed E-state index contributed by atoms with van der Waals surface area (Å²) in [6.07, 6.45) is 0. The summed E-state index contributed by atoms with van der Waals surface area (Å²) in [5, 5.41) is 3.17. The van der Waals surface area contributed by atoms with E-state index in [4.69, 9.17) is 0 Å². The van der Waals surface area contributed by atoms with Crippen LogP contribution in [-0.2, 0) is 0 Å². The first-order valence-corrected chi connectivity index (χ1v) is 21.8. The normalized spacial score (nSPS) is 13.5. The first-order valence-electron chi connectivity index (χ1n) is 9.36. The van der Waals surface area contributed by atoms with Crippen LogP contribution in [0.1, 0.15) is 0 Å². The maximum absolute atomic E-state index is 2.71. The van der Waals surface area contributed by atoms with Crippen molar-refractivity contribution in [3.63, 3.8) is 0 Å². The molecule has 0 aliphatic rings. The van der Waals surface area contributed by atoms with Crippen molar-refractivity contribution in [3.05, 3.63) is 60.7 Å². The van der Waals surface area contributed by atoms with Gasteiger partial charge in [-0.1, -0.05) is 121 Å². The van der Waals surface area contributed by atoms with Gasteiger partial charge >= 0.3 is 0 Å². The van der Waals surface area contributed by atoms with Crippen LogP contribution in [0, 0.1) is 0 Å². The van der Waals surface area contributed by atoms with E-state index in [2.05, 4.69) is 113 Å². The fourth-order valence-corrected chi connectivity index (χ4v) is 50.6. The summed E-state index contributed by atoms with van der Waals surface area (Å²) in [5.41, 5.74) is 0. The Hall–Kier alpha value is -0.479. The van der Waals surface area contributed by atoms with Crippen molar-refractivity contribution < 1.29 is 0 Å². The molecule has 136 valence electrons. The first kappa shape index (κ1) is 20.8. The van der Waals surface area contributed by atoms with Crippen LogP contribution in [0.5, 0.6) is 0 Å². The third-order valence-electron chi connectivity index (χ3n) is 5.04. The van der Waals surface area contributed by atoms with Crippen molar-refractivity contribution in [2.75, 3.05) is 0 Å². The molecule has 0 aliphatic carbocycles. The molecule has 0 atom stereocenters. The molecule has 0 saturated heterocycles. The van der Waals surface area contributed by atoms with Gasteiger partial charge < -0.3 is 0 Å². The molecule has 0 heterocycles. The molecule has 0 radical (unpaired) electrons. The third kappa shape index (κ3) is 4.82. The van der Waals surface area contributed by atoms with E-state index in [0.717, 1.165) is 4.79 Å². The molecule has 25 heavy (non-hydrogen) atoms. The molecule has 4 heteroatoms. The lowest BCUT2D eigenvalue weighted by Gasteiger charge is -2.51. The number of benzene rings is 2. The summed E-state index contributed by atoms with van der Waals surface area (Å²) in [4.78, 5) is 0.999. The molecule has 0 nitrogen and oxygen atoms in total. The predicted octanol–water partition coefficient (Wildman–Crippen LogP) is 6.45. The van der Waals surface area contributed by atoms with E-state index in [1.165, 1.54) is 0 Å². The highest BCUT2D eigenvalue weighted by Gasteiger charge is 2.52. The van der Waals surface area contributed by atoms with Gasteiger partial charge in [0.2, 0.25) is 0 Å². The quantitative estimate of drug-likeness (QED) is 0.385. The highest BCUT2D eigenvalue weighted by Crippen LogP contribution is 2.56. The molecule has 0 aromatic heterocycles. The highest BCUT2D eigenvalue weighted by atomic mass is 31.4. The SMILES string of the molecule is C[Si](C)(C)C([Si](C)(C)C)[Si](C)(C)P(c1ccccc1)c1ccccc1. The number of rotatable bonds is 6. The van der Waals surface area contributed by atoms with Crippen LogP contribution >= 0.6 is 7.47 Å². The Bertz CT molecular complexity index is 616. The second-order valence-corrected chi connectivity index (χ2v) is 32.6. The van der Waals surface area contributed by atoms with Crippen molar-refractivity contribution in [2.24, 2.45) is 0 Å². The topological polar surface area (TPSA) is 0 Å². The van der Waals surface area contributed by atoms with E-state index in [9.17, 15) is 0 Å². The minimum absolute atomic E-state index is 0.254. The van der Waals surface area contributed by atoms with E-state index in [-0.39, 0.29) is 7.47 Å². The smallest absolute Gasteiger partial charge is 0.0697 e. The monoisotopic (exact) mass is 402 g/mol. The van der Waals surface area contributed by atoms with Crippen LogP contribution in [0.3, 0.4) is 0 Å². The summed E-state index contributed by atoms with van der Waals surface area (Å²) in [7, 11) is -4.27.